The van der Waals surface area contributed by atoms with E-state index in [4.69, 9.17) is 12.2 Å². The molecule has 4 rings (SSSR count). The van der Waals surface area contributed by atoms with Gasteiger partial charge in [0, 0.05) is 46.0 Å². The molecule has 32 heavy (non-hydrogen) atoms. The van der Waals surface area contributed by atoms with Crippen molar-refractivity contribution in [3.63, 3.8) is 0 Å². The third-order valence-corrected chi connectivity index (χ3v) is 6.62. The molecule has 1 amide bonds. The fourth-order valence-corrected chi connectivity index (χ4v) is 4.55. The number of carbonyl (C=O) groups is 1. The molecule has 1 fully saturated rings. The minimum absolute atomic E-state index is 0.0806. The Hall–Kier alpha value is -3.43. The van der Waals surface area contributed by atoms with Gasteiger partial charge in [0.1, 0.15) is 5.70 Å². The highest BCUT2D eigenvalue weighted by atomic mass is 32.2. The van der Waals surface area contributed by atoms with Gasteiger partial charge < -0.3 is 9.88 Å². The van der Waals surface area contributed by atoms with Gasteiger partial charge in [-0.05, 0) is 80.2 Å². The SMILES string of the molecule is Cc1cc(/C=C2\NC(=S)N(C)C2=O)c(C)n1-c1ccc(Sc2ccc([N+](=O)[O-])cc2)cc1. The predicted molar refractivity (Wildman–Crippen MR) is 129 cm³/mol. The smallest absolute Gasteiger partial charge is 0.276 e. The summed E-state index contributed by atoms with van der Waals surface area (Å²) in [5, 5.41) is 14.2. The monoisotopic (exact) mass is 464 g/mol. The molecule has 2 aromatic carbocycles. The van der Waals surface area contributed by atoms with Gasteiger partial charge in [0.05, 0.1) is 4.92 Å². The first-order valence-electron chi connectivity index (χ1n) is 9.77. The zero-order valence-corrected chi connectivity index (χ0v) is 19.3. The van der Waals surface area contributed by atoms with Crippen LogP contribution in [0, 0.1) is 24.0 Å². The van der Waals surface area contributed by atoms with Crippen LogP contribution in [-0.2, 0) is 4.79 Å². The Labute approximate surface area is 194 Å². The molecular formula is C23H20N4O3S2. The summed E-state index contributed by atoms with van der Waals surface area (Å²) in [6.07, 6.45) is 1.83. The molecule has 7 nitrogen and oxygen atoms in total. The van der Waals surface area contributed by atoms with Crippen molar-refractivity contribution in [2.45, 2.75) is 23.6 Å². The molecule has 0 atom stereocenters. The number of likely N-dealkylation sites (N-methyl/N-ethyl adjacent to an activating group) is 1. The number of amides is 1. The molecule has 0 radical (unpaired) electrons. The second-order valence-corrected chi connectivity index (χ2v) is 8.89. The number of nitrogens with one attached hydrogen (secondary N) is 1. The number of nitro benzene ring substituents is 1. The summed E-state index contributed by atoms with van der Waals surface area (Å²) < 4.78 is 2.13. The fraction of sp³-hybridized carbons (Fsp3) is 0.130. The number of hydrogen-bond donors (Lipinski definition) is 1. The summed E-state index contributed by atoms with van der Waals surface area (Å²) in [5.74, 6) is -0.146. The number of aromatic nitrogens is 1. The molecule has 0 bridgehead atoms. The molecule has 3 aromatic rings. The average molecular weight is 465 g/mol. The number of benzene rings is 2. The van der Waals surface area contributed by atoms with Gasteiger partial charge in [-0.1, -0.05) is 11.8 Å². The molecule has 1 aliphatic rings. The topological polar surface area (TPSA) is 80.4 Å². The summed E-state index contributed by atoms with van der Waals surface area (Å²) >= 11 is 6.69. The highest BCUT2D eigenvalue weighted by molar-refractivity contribution is 7.99. The quantitative estimate of drug-likeness (QED) is 0.252. The lowest BCUT2D eigenvalue weighted by atomic mass is 10.2. The van der Waals surface area contributed by atoms with E-state index < -0.39 is 4.92 Å². The van der Waals surface area contributed by atoms with Crippen molar-refractivity contribution in [3.8, 4) is 5.69 Å². The van der Waals surface area contributed by atoms with Gasteiger partial charge in [-0.3, -0.25) is 19.8 Å². The number of aryl methyl sites for hydroxylation is 1. The van der Waals surface area contributed by atoms with E-state index in [-0.39, 0.29) is 11.6 Å². The molecule has 0 aliphatic carbocycles. The molecule has 1 saturated heterocycles. The van der Waals surface area contributed by atoms with Crippen molar-refractivity contribution in [3.05, 3.63) is 87.4 Å². The van der Waals surface area contributed by atoms with E-state index in [2.05, 4.69) is 9.88 Å². The Morgan fingerprint density at radius 2 is 1.66 bits per heavy atom. The van der Waals surface area contributed by atoms with Crippen LogP contribution in [0.5, 0.6) is 0 Å². The highest BCUT2D eigenvalue weighted by Gasteiger charge is 2.27. The lowest BCUT2D eigenvalue weighted by Crippen LogP contribution is -2.25. The molecule has 0 unspecified atom stereocenters. The number of hydrogen-bond acceptors (Lipinski definition) is 5. The van der Waals surface area contributed by atoms with Crippen molar-refractivity contribution in [2.75, 3.05) is 7.05 Å². The molecular weight excluding hydrogens is 444 g/mol. The van der Waals surface area contributed by atoms with Crippen LogP contribution in [0.3, 0.4) is 0 Å². The van der Waals surface area contributed by atoms with Crippen LogP contribution >= 0.6 is 24.0 Å². The maximum absolute atomic E-state index is 12.3. The van der Waals surface area contributed by atoms with E-state index in [1.165, 1.54) is 17.0 Å². The Morgan fingerprint density at radius 3 is 2.19 bits per heavy atom. The van der Waals surface area contributed by atoms with Crippen LogP contribution in [0.15, 0.2) is 70.1 Å². The lowest BCUT2D eigenvalue weighted by molar-refractivity contribution is -0.384. The number of non-ortho nitro benzene ring substituents is 1. The summed E-state index contributed by atoms with van der Waals surface area (Å²) in [5.41, 5.74) is 4.56. The lowest BCUT2D eigenvalue weighted by Gasteiger charge is -2.11. The van der Waals surface area contributed by atoms with Crippen LogP contribution in [0.2, 0.25) is 0 Å². The first-order chi connectivity index (χ1) is 15.2. The molecule has 2 heterocycles. The Balaban J connectivity index is 1.56. The van der Waals surface area contributed by atoms with Crippen molar-refractivity contribution < 1.29 is 9.72 Å². The summed E-state index contributed by atoms with van der Waals surface area (Å²) in [7, 11) is 1.65. The van der Waals surface area contributed by atoms with Crippen LogP contribution in [0.4, 0.5) is 5.69 Å². The third kappa shape index (κ3) is 4.17. The second-order valence-electron chi connectivity index (χ2n) is 7.36. The standard InChI is InChI=1S/C23H20N4O3S2/c1-14-12-16(13-21-22(28)25(3)23(31)24-21)15(2)26(14)17-4-8-19(9-5-17)32-20-10-6-18(7-11-20)27(29)30/h4-13H,1-3H3,(H,24,31)/b21-13-. The second kappa shape index (κ2) is 8.60. The number of nitro groups is 1. The molecule has 162 valence electrons. The van der Waals surface area contributed by atoms with Crippen LogP contribution < -0.4 is 5.32 Å². The minimum Gasteiger partial charge on any atom is -0.328 e. The van der Waals surface area contributed by atoms with Crippen LogP contribution in [-0.4, -0.2) is 32.5 Å². The predicted octanol–water partition coefficient (Wildman–Crippen LogP) is 4.84. The Bertz CT molecular complexity index is 1260. The van der Waals surface area contributed by atoms with Gasteiger partial charge in [-0.2, -0.15) is 0 Å². The molecule has 1 aromatic heterocycles. The van der Waals surface area contributed by atoms with Crippen molar-refractivity contribution in [2.24, 2.45) is 0 Å². The molecule has 0 saturated carbocycles. The van der Waals surface area contributed by atoms with E-state index in [9.17, 15) is 14.9 Å². The van der Waals surface area contributed by atoms with Crippen molar-refractivity contribution in [1.82, 2.24) is 14.8 Å². The van der Waals surface area contributed by atoms with Crippen molar-refractivity contribution in [1.29, 1.82) is 0 Å². The minimum atomic E-state index is -0.402. The number of carbonyl (C=O) groups excluding carboxylic acids is 1. The Morgan fingerprint density at radius 1 is 1.06 bits per heavy atom. The summed E-state index contributed by atoms with van der Waals surface area (Å²) in [6.45, 7) is 4.04. The maximum Gasteiger partial charge on any atom is 0.276 e. The van der Waals surface area contributed by atoms with Crippen LogP contribution in [0.1, 0.15) is 17.0 Å². The van der Waals surface area contributed by atoms with Gasteiger partial charge in [-0.15, -0.1) is 0 Å². The van der Waals surface area contributed by atoms with Gasteiger partial charge in [-0.25, -0.2) is 0 Å². The molecule has 1 aliphatic heterocycles. The maximum atomic E-state index is 12.3. The van der Waals surface area contributed by atoms with Gasteiger partial charge in [0.25, 0.3) is 11.6 Å². The first kappa shape index (κ1) is 21.8. The van der Waals surface area contributed by atoms with E-state index in [0.717, 1.165) is 32.4 Å². The normalized spacial score (nSPS) is 14.8. The molecule has 9 heteroatoms. The highest BCUT2D eigenvalue weighted by Crippen LogP contribution is 2.31. The van der Waals surface area contributed by atoms with Crippen molar-refractivity contribution >= 4 is 46.8 Å². The zero-order valence-electron chi connectivity index (χ0n) is 17.7. The van der Waals surface area contributed by atoms with Gasteiger partial charge in [0.2, 0.25) is 0 Å². The van der Waals surface area contributed by atoms with Gasteiger partial charge in [0.15, 0.2) is 5.11 Å². The molecule has 1 N–H and O–H groups in total. The number of rotatable bonds is 5. The van der Waals surface area contributed by atoms with E-state index in [1.54, 1.807) is 30.9 Å². The summed E-state index contributed by atoms with van der Waals surface area (Å²) in [6, 6.07) is 16.7. The first-order valence-corrected chi connectivity index (χ1v) is 11.0. The Kier molecular flexibility index (Phi) is 5.86. The largest absolute Gasteiger partial charge is 0.328 e. The number of thiocarbonyl (C=S) groups is 1. The average Bonchev–Trinajstić information content (AvgIpc) is 3.18. The molecule has 0 spiro atoms. The van der Waals surface area contributed by atoms with Crippen LogP contribution in [0.25, 0.3) is 11.8 Å². The van der Waals surface area contributed by atoms with E-state index in [0.29, 0.717) is 10.8 Å². The number of nitrogens with zero attached hydrogens (tertiary/aromatic N) is 3. The fourth-order valence-electron chi connectivity index (χ4n) is 3.55. The summed E-state index contributed by atoms with van der Waals surface area (Å²) in [4.78, 5) is 26.1. The van der Waals surface area contributed by atoms with Gasteiger partial charge >= 0.3 is 0 Å². The van der Waals surface area contributed by atoms with E-state index >= 15 is 0 Å². The third-order valence-electron chi connectivity index (χ3n) is 5.23. The zero-order chi connectivity index (χ0) is 23.0. The van der Waals surface area contributed by atoms with E-state index in [1.807, 2.05) is 50.3 Å².